The monoisotopic (exact) mass is 497 g/mol. The highest BCUT2D eigenvalue weighted by atomic mass is 16.5. The lowest BCUT2D eigenvalue weighted by Gasteiger charge is -2.25. The molecule has 0 fully saturated rings. The van der Waals surface area contributed by atoms with E-state index in [2.05, 4.69) is 11.8 Å². The Bertz CT molecular complexity index is 1320. The largest absolute Gasteiger partial charge is 0.481 e. The summed E-state index contributed by atoms with van der Waals surface area (Å²) in [4.78, 5) is 27.0. The van der Waals surface area contributed by atoms with Crippen LogP contribution in [0.25, 0.3) is 0 Å². The van der Waals surface area contributed by atoms with Crippen LogP contribution in [0.4, 0.5) is 5.69 Å². The summed E-state index contributed by atoms with van der Waals surface area (Å²) in [5, 5.41) is 7.45. The molecule has 0 unspecified atom stereocenters. The van der Waals surface area contributed by atoms with Crippen LogP contribution in [0.3, 0.4) is 0 Å². The summed E-state index contributed by atoms with van der Waals surface area (Å²) in [7, 11) is 0. The van der Waals surface area contributed by atoms with Gasteiger partial charge in [-0.2, -0.15) is 0 Å². The smallest absolute Gasteiger partial charge is 0.307 e. The van der Waals surface area contributed by atoms with Crippen LogP contribution in [-0.2, 0) is 9.53 Å². The number of anilines is 1. The second-order valence-corrected chi connectivity index (χ2v) is 8.36. The summed E-state index contributed by atoms with van der Waals surface area (Å²) in [5.74, 6) is 6.28. The molecule has 3 rings (SSSR count). The maximum atomic E-state index is 13.4. The molecule has 3 aromatic carbocycles. The molecule has 3 N–H and O–H groups in total. The number of esters is 1. The van der Waals surface area contributed by atoms with Gasteiger partial charge in [-0.1, -0.05) is 30.0 Å². The van der Waals surface area contributed by atoms with Gasteiger partial charge in [0, 0.05) is 28.9 Å². The molecule has 0 spiro atoms. The number of rotatable bonds is 9. The van der Waals surface area contributed by atoms with Gasteiger partial charge in [0.2, 0.25) is 0 Å². The Morgan fingerprint density at radius 3 is 2.32 bits per heavy atom. The van der Waals surface area contributed by atoms with E-state index in [1.54, 1.807) is 48.2 Å². The van der Waals surface area contributed by atoms with E-state index in [9.17, 15) is 9.59 Å². The first kappa shape index (κ1) is 27.0. The fraction of sp³-hybridized carbons (Fsp3) is 0.233. The fourth-order valence-electron chi connectivity index (χ4n) is 3.71. The third-order valence-corrected chi connectivity index (χ3v) is 5.64. The number of benzene rings is 3. The summed E-state index contributed by atoms with van der Waals surface area (Å²) >= 11 is 0. The fourth-order valence-corrected chi connectivity index (χ4v) is 3.71. The van der Waals surface area contributed by atoms with E-state index in [1.807, 2.05) is 44.2 Å². The average molecular weight is 498 g/mol. The van der Waals surface area contributed by atoms with E-state index in [-0.39, 0.29) is 37.3 Å². The molecule has 0 saturated heterocycles. The number of carbonyl (C=O) groups excluding carboxylic acids is 2. The van der Waals surface area contributed by atoms with Gasteiger partial charge in [-0.3, -0.25) is 15.0 Å². The predicted octanol–water partition coefficient (Wildman–Crippen LogP) is 4.62. The Labute approximate surface area is 217 Å². The molecule has 37 heavy (non-hydrogen) atoms. The van der Waals surface area contributed by atoms with Crippen molar-refractivity contribution in [2.75, 3.05) is 24.7 Å². The number of nitrogens with zero attached hydrogens (tertiary/aromatic N) is 1. The van der Waals surface area contributed by atoms with Crippen molar-refractivity contribution in [3.05, 3.63) is 94.5 Å². The first-order valence-corrected chi connectivity index (χ1v) is 12.0. The van der Waals surface area contributed by atoms with Gasteiger partial charge in [-0.05, 0) is 80.4 Å². The summed E-state index contributed by atoms with van der Waals surface area (Å²) in [6.45, 7) is 6.30. The van der Waals surface area contributed by atoms with E-state index in [1.165, 1.54) is 0 Å². The van der Waals surface area contributed by atoms with Crippen LogP contribution >= 0.6 is 0 Å². The Balaban J connectivity index is 1.79. The number of amides is 1. The normalized spacial score (nSPS) is 10.1. The molecule has 0 aliphatic heterocycles. The van der Waals surface area contributed by atoms with Gasteiger partial charge in [0.15, 0.2) is 0 Å². The summed E-state index contributed by atoms with van der Waals surface area (Å²) in [6, 6.07) is 19.8. The number of aryl methyl sites for hydroxylation is 2. The van der Waals surface area contributed by atoms with Crippen LogP contribution in [-0.4, -0.2) is 37.5 Å². The highest BCUT2D eigenvalue weighted by Gasteiger charge is 2.21. The van der Waals surface area contributed by atoms with Crippen LogP contribution in [0, 0.1) is 31.1 Å². The van der Waals surface area contributed by atoms with Crippen molar-refractivity contribution in [2.45, 2.75) is 27.2 Å². The first-order chi connectivity index (χ1) is 17.8. The maximum Gasteiger partial charge on any atom is 0.307 e. The predicted molar refractivity (Wildman–Crippen MR) is 145 cm³/mol. The Kier molecular flexibility index (Phi) is 9.45. The molecule has 0 radical (unpaired) electrons. The zero-order valence-electron chi connectivity index (χ0n) is 21.3. The Morgan fingerprint density at radius 1 is 0.973 bits per heavy atom. The van der Waals surface area contributed by atoms with Crippen LogP contribution in [0.5, 0.6) is 5.75 Å². The van der Waals surface area contributed by atoms with E-state index >= 15 is 0 Å². The van der Waals surface area contributed by atoms with Crippen LogP contribution in [0.2, 0.25) is 0 Å². The lowest BCUT2D eigenvalue weighted by Crippen LogP contribution is -2.34. The molecule has 0 aromatic heterocycles. The zero-order chi connectivity index (χ0) is 26.8. The van der Waals surface area contributed by atoms with Gasteiger partial charge >= 0.3 is 5.97 Å². The zero-order valence-corrected chi connectivity index (χ0v) is 21.3. The van der Waals surface area contributed by atoms with Crippen molar-refractivity contribution in [3.63, 3.8) is 0 Å². The van der Waals surface area contributed by atoms with Crippen molar-refractivity contribution in [3.8, 4) is 17.6 Å². The van der Waals surface area contributed by atoms with Crippen LogP contribution < -0.4 is 15.4 Å². The summed E-state index contributed by atoms with van der Waals surface area (Å²) < 4.78 is 10.7. The molecule has 0 saturated carbocycles. The molecule has 190 valence electrons. The Morgan fingerprint density at radius 2 is 1.68 bits per heavy atom. The second-order valence-electron chi connectivity index (χ2n) is 8.36. The molecule has 0 aliphatic carbocycles. The molecule has 0 heterocycles. The molecule has 0 aliphatic rings. The lowest BCUT2D eigenvalue weighted by atomic mass is 10.0. The van der Waals surface area contributed by atoms with E-state index in [4.69, 9.17) is 20.6 Å². The van der Waals surface area contributed by atoms with E-state index < -0.39 is 0 Å². The van der Waals surface area contributed by atoms with Crippen LogP contribution in [0.1, 0.15) is 46.0 Å². The van der Waals surface area contributed by atoms with Gasteiger partial charge < -0.3 is 20.1 Å². The first-order valence-electron chi connectivity index (χ1n) is 12.0. The van der Waals surface area contributed by atoms with E-state index in [0.717, 1.165) is 22.4 Å². The van der Waals surface area contributed by atoms with Gasteiger partial charge in [0.05, 0.1) is 13.0 Å². The highest BCUT2D eigenvalue weighted by molar-refractivity contribution is 6.06. The number of hydrogen-bond donors (Lipinski definition) is 2. The minimum atomic E-state index is -0.346. The molecular formula is C30H31N3O4. The molecule has 7 nitrogen and oxygen atoms in total. The Hall–Kier alpha value is -4.57. The highest BCUT2D eigenvalue weighted by Crippen LogP contribution is 2.26. The van der Waals surface area contributed by atoms with Crippen LogP contribution in [0.15, 0.2) is 66.7 Å². The third kappa shape index (κ3) is 7.45. The second kappa shape index (κ2) is 12.9. The standard InChI is InChI=1S/C30H31N3O4/c1-4-36-28(34)16-17-33(30(35)24-9-6-5-7-10-24)27-20-21(2)25(19-22(27)3)11-8-18-37-26-14-12-23(13-15-26)29(31)32/h5-7,9-10,12-15,19-20H,4,16-18H2,1-3H3,(H3,31,32). The van der Waals surface area contributed by atoms with Gasteiger partial charge in [-0.25, -0.2) is 0 Å². The topological polar surface area (TPSA) is 106 Å². The number of amidine groups is 1. The maximum absolute atomic E-state index is 13.4. The van der Waals surface area contributed by atoms with Crippen molar-refractivity contribution in [1.29, 1.82) is 5.41 Å². The number of nitrogens with one attached hydrogen (secondary N) is 1. The molecule has 7 heteroatoms. The molecule has 0 atom stereocenters. The summed E-state index contributed by atoms with van der Waals surface area (Å²) in [5.41, 5.74) is 9.97. The lowest BCUT2D eigenvalue weighted by molar-refractivity contribution is -0.142. The number of hydrogen-bond acceptors (Lipinski definition) is 5. The third-order valence-electron chi connectivity index (χ3n) is 5.64. The average Bonchev–Trinajstić information content (AvgIpc) is 2.89. The van der Waals surface area contributed by atoms with E-state index in [0.29, 0.717) is 23.5 Å². The molecule has 3 aromatic rings. The molecular weight excluding hydrogens is 466 g/mol. The van der Waals surface area contributed by atoms with Gasteiger partial charge in [0.1, 0.15) is 18.2 Å². The number of carbonyl (C=O) groups is 2. The number of ether oxygens (including phenoxy) is 2. The quantitative estimate of drug-likeness (QED) is 0.194. The summed E-state index contributed by atoms with van der Waals surface area (Å²) in [6.07, 6.45) is 0.0944. The minimum Gasteiger partial charge on any atom is -0.481 e. The van der Waals surface area contributed by atoms with Crippen molar-refractivity contribution in [2.24, 2.45) is 5.73 Å². The van der Waals surface area contributed by atoms with Crippen molar-refractivity contribution in [1.82, 2.24) is 0 Å². The number of nitrogen functional groups attached to an aromatic ring is 1. The van der Waals surface area contributed by atoms with Crippen molar-refractivity contribution < 1.29 is 19.1 Å². The number of nitrogens with two attached hydrogens (primary N) is 1. The van der Waals surface area contributed by atoms with Gasteiger partial charge in [-0.15, -0.1) is 0 Å². The minimum absolute atomic E-state index is 0.00515. The molecule has 0 bridgehead atoms. The molecule has 1 amide bonds. The van der Waals surface area contributed by atoms with Gasteiger partial charge in [0.25, 0.3) is 5.91 Å². The SMILES string of the molecule is CCOC(=O)CCN(C(=O)c1ccccc1)c1cc(C)c(C#CCOc2ccc(C(=N)N)cc2)cc1C. The van der Waals surface area contributed by atoms with Crippen molar-refractivity contribution >= 4 is 23.4 Å².